The first kappa shape index (κ1) is 17.7. The Morgan fingerprint density at radius 1 is 1.33 bits per heavy atom. The van der Waals surface area contributed by atoms with Gasteiger partial charge in [0.25, 0.3) is 0 Å². The van der Waals surface area contributed by atoms with Gasteiger partial charge < -0.3 is 10.2 Å². The lowest BCUT2D eigenvalue weighted by Gasteiger charge is -2.29. The largest absolute Gasteiger partial charge is 0.405 e. The summed E-state index contributed by atoms with van der Waals surface area (Å²) in [7, 11) is 0. The number of aromatic nitrogens is 1. The van der Waals surface area contributed by atoms with Crippen LogP contribution in [0.4, 0.5) is 23.4 Å². The molecule has 21 heavy (non-hydrogen) atoms. The summed E-state index contributed by atoms with van der Waals surface area (Å²) in [6.07, 6.45) is -2.17. The zero-order chi connectivity index (χ0) is 16.0. The Bertz CT molecular complexity index is 446. The maximum Gasteiger partial charge on any atom is 0.405 e. The average Bonchev–Trinajstić information content (AvgIpc) is 2.37. The van der Waals surface area contributed by atoms with Gasteiger partial charge >= 0.3 is 6.18 Å². The maximum absolute atomic E-state index is 14.4. The van der Waals surface area contributed by atoms with Crippen LogP contribution in [0.2, 0.25) is 0 Å². The Kier molecular flexibility index (Phi) is 6.39. The van der Waals surface area contributed by atoms with Gasteiger partial charge in [0.05, 0.1) is 0 Å². The summed E-state index contributed by atoms with van der Waals surface area (Å²) in [6.45, 7) is 4.90. The maximum atomic E-state index is 14.4. The van der Waals surface area contributed by atoms with Gasteiger partial charge in [-0.25, -0.2) is 9.37 Å². The van der Waals surface area contributed by atoms with Gasteiger partial charge in [0.15, 0.2) is 11.6 Å². The number of halogens is 4. The fourth-order valence-corrected chi connectivity index (χ4v) is 1.90. The third-order valence-electron chi connectivity index (χ3n) is 2.94. The van der Waals surface area contributed by atoms with E-state index in [1.165, 1.54) is 12.3 Å². The van der Waals surface area contributed by atoms with Crippen LogP contribution < -0.4 is 10.2 Å². The zero-order valence-corrected chi connectivity index (χ0v) is 12.5. The topological polar surface area (TPSA) is 28.2 Å². The highest BCUT2D eigenvalue weighted by Crippen LogP contribution is 2.26. The molecule has 0 bridgehead atoms. The van der Waals surface area contributed by atoms with Crippen LogP contribution in [0.3, 0.4) is 0 Å². The predicted molar refractivity (Wildman–Crippen MR) is 74.7 cm³/mol. The van der Waals surface area contributed by atoms with Crippen molar-refractivity contribution in [1.29, 1.82) is 0 Å². The van der Waals surface area contributed by atoms with Gasteiger partial charge in [-0.1, -0.05) is 6.92 Å². The quantitative estimate of drug-likeness (QED) is 0.617. The SMILES string of the molecule is CCCNCc1ccnc(N(CC(F)(F)F)C(C)C)c1F. The van der Waals surface area contributed by atoms with Crippen molar-refractivity contribution in [3.05, 3.63) is 23.6 Å². The Morgan fingerprint density at radius 2 is 2.00 bits per heavy atom. The third kappa shape index (κ3) is 5.49. The van der Waals surface area contributed by atoms with Crippen LogP contribution in [0.15, 0.2) is 12.3 Å². The van der Waals surface area contributed by atoms with Crippen LogP contribution >= 0.6 is 0 Å². The van der Waals surface area contributed by atoms with Crippen molar-refractivity contribution in [3.63, 3.8) is 0 Å². The molecule has 120 valence electrons. The van der Waals surface area contributed by atoms with Crippen molar-refractivity contribution in [2.24, 2.45) is 0 Å². The van der Waals surface area contributed by atoms with E-state index in [0.717, 1.165) is 11.3 Å². The van der Waals surface area contributed by atoms with Crippen molar-refractivity contribution < 1.29 is 17.6 Å². The second-order valence-corrected chi connectivity index (χ2v) is 5.12. The average molecular weight is 307 g/mol. The Hall–Kier alpha value is -1.37. The molecule has 1 aromatic rings. The molecule has 0 unspecified atom stereocenters. The van der Waals surface area contributed by atoms with Crippen LogP contribution in [0.5, 0.6) is 0 Å². The summed E-state index contributed by atoms with van der Waals surface area (Å²) in [6, 6.07) is 0.973. The molecule has 7 heteroatoms. The summed E-state index contributed by atoms with van der Waals surface area (Å²) in [4.78, 5) is 4.73. The number of alkyl halides is 3. The minimum absolute atomic E-state index is 0.252. The van der Waals surface area contributed by atoms with E-state index in [2.05, 4.69) is 10.3 Å². The number of nitrogens with one attached hydrogen (secondary N) is 1. The summed E-state index contributed by atoms with van der Waals surface area (Å²) < 4.78 is 52.3. The predicted octanol–water partition coefficient (Wildman–Crippen LogP) is 3.50. The van der Waals surface area contributed by atoms with E-state index < -0.39 is 24.6 Å². The second-order valence-electron chi connectivity index (χ2n) is 5.12. The highest BCUT2D eigenvalue weighted by molar-refractivity contribution is 5.44. The molecule has 0 radical (unpaired) electrons. The molecule has 0 atom stereocenters. The number of nitrogens with zero attached hydrogens (tertiary/aromatic N) is 2. The molecule has 0 fully saturated rings. The molecule has 1 rings (SSSR count). The van der Waals surface area contributed by atoms with Gasteiger partial charge in [-0.05, 0) is 32.9 Å². The summed E-state index contributed by atoms with van der Waals surface area (Å²) >= 11 is 0. The summed E-state index contributed by atoms with van der Waals surface area (Å²) in [5, 5.41) is 3.03. The molecular formula is C14H21F4N3. The lowest BCUT2D eigenvalue weighted by molar-refractivity contribution is -0.120. The highest BCUT2D eigenvalue weighted by atomic mass is 19.4. The van der Waals surface area contributed by atoms with Crippen molar-refractivity contribution >= 4 is 5.82 Å². The van der Waals surface area contributed by atoms with E-state index in [1.54, 1.807) is 13.8 Å². The van der Waals surface area contributed by atoms with Crippen LogP contribution in [0.1, 0.15) is 32.8 Å². The van der Waals surface area contributed by atoms with Crippen LogP contribution in [0.25, 0.3) is 0 Å². The van der Waals surface area contributed by atoms with Crippen LogP contribution in [-0.2, 0) is 6.54 Å². The molecule has 0 saturated heterocycles. The normalized spacial score (nSPS) is 12.0. The van der Waals surface area contributed by atoms with Gasteiger partial charge in [-0.2, -0.15) is 13.2 Å². The number of pyridine rings is 1. The number of rotatable bonds is 7. The van der Waals surface area contributed by atoms with E-state index in [-0.39, 0.29) is 12.4 Å². The van der Waals surface area contributed by atoms with Crippen molar-refractivity contribution in [1.82, 2.24) is 10.3 Å². The third-order valence-corrected chi connectivity index (χ3v) is 2.94. The van der Waals surface area contributed by atoms with E-state index >= 15 is 0 Å². The Balaban J connectivity index is 3.00. The molecule has 1 heterocycles. The Morgan fingerprint density at radius 3 is 2.52 bits per heavy atom. The first-order valence-corrected chi connectivity index (χ1v) is 6.93. The van der Waals surface area contributed by atoms with Gasteiger partial charge in [0.2, 0.25) is 0 Å². The lowest BCUT2D eigenvalue weighted by atomic mass is 10.2. The van der Waals surface area contributed by atoms with Crippen molar-refractivity contribution in [2.45, 2.75) is 46.0 Å². The van der Waals surface area contributed by atoms with Gasteiger partial charge in [-0.3, -0.25) is 0 Å². The van der Waals surface area contributed by atoms with Crippen LogP contribution in [0, 0.1) is 5.82 Å². The molecule has 0 aromatic carbocycles. The number of anilines is 1. The number of hydrogen-bond donors (Lipinski definition) is 1. The first-order chi connectivity index (χ1) is 9.76. The highest BCUT2D eigenvalue weighted by Gasteiger charge is 2.33. The van der Waals surface area contributed by atoms with E-state index in [9.17, 15) is 17.6 Å². The summed E-state index contributed by atoms with van der Waals surface area (Å²) in [5.74, 6) is -0.947. The van der Waals surface area contributed by atoms with E-state index in [0.29, 0.717) is 12.1 Å². The minimum Gasteiger partial charge on any atom is -0.343 e. The van der Waals surface area contributed by atoms with Crippen LogP contribution in [-0.4, -0.2) is 30.3 Å². The fraction of sp³-hybridized carbons (Fsp3) is 0.643. The second kappa shape index (κ2) is 7.59. The molecule has 0 aliphatic heterocycles. The molecule has 3 nitrogen and oxygen atoms in total. The van der Waals surface area contributed by atoms with Gasteiger partial charge in [0.1, 0.15) is 6.54 Å². The number of hydrogen-bond acceptors (Lipinski definition) is 3. The monoisotopic (exact) mass is 307 g/mol. The molecule has 0 amide bonds. The minimum atomic E-state index is -4.41. The fourth-order valence-electron chi connectivity index (χ4n) is 1.90. The molecule has 0 aliphatic carbocycles. The smallest absolute Gasteiger partial charge is 0.343 e. The molecular weight excluding hydrogens is 286 g/mol. The molecule has 0 saturated carbocycles. The summed E-state index contributed by atoms with van der Waals surface area (Å²) in [5.41, 5.74) is 0.321. The molecule has 0 aliphatic rings. The van der Waals surface area contributed by atoms with Gasteiger partial charge in [-0.15, -0.1) is 0 Å². The Labute approximate surface area is 122 Å². The molecule has 1 aromatic heterocycles. The van der Waals surface area contributed by atoms with Crippen molar-refractivity contribution in [2.75, 3.05) is 18.0 Å². The molecule has 1 N–H and O–H groups in total. The molecule has 0 spiro atoms. The van der Waals surface area contributed by atoms with E-state index in [1.807, 2.05) is 6.92 Å². The van der Waals surface area contributed by atoms with Crippen molar-refractivity contribution in [3.8, 4) is 0 Å². The van der Waals surface area contributed by atoms with E-state index in [4.69, 9.17) is 0 Å². The standard InChI is InChI=1S/C14H21F4N3/c1-4-6-19-8-11-5-7-20-13(12(11)15)21(10(2)3)9-14(16,17)18/h5,7,10,19H,4,6,8-9H2,1-3H3. The lowest BCUT2D eigenvalue weighted by Crippen LogP contribution is -2.40. The first-order valence-electron chi connectivity index (χ1n) is 6.93. The zero-order valence-electron chi connectivity index (χ0n) is 12.5. The van der Waals surface area contributed by atoms with Gasteiger partial charge in [0, 0.05) is 24.3 Å².